The first kappa shape index (κ1) is 21.3. The molecule has 2 rings (SSSR count). The molecule has 0 fully saturated rings. The molecule has 0 atom stereocenters. The number of nitrogens with one attached hydrogen (secondary N) is 1. The van der Waals surface area contributed by atoms with Crippen LogP contribution in [0.4, 0.5) is 5.69 Å². The van der Waals surface area contributed by atoms with E-state index in [1.54, 1.807) is 12.1 Å². The van der Waals surface area contributed by atoms with Crippen LogP contribution >= 0.6 is 0 Å². The summed E-state index contributed by atoms with van der Waals surface area (Å²) < 4.78 is 33.1. The summed E-state index contributed by atoms with van der Waals surface area (Å²) in [4.78, 5) is 21.1. The van der Waals surface area contributed by atoms with Crippen molar-refractivity contribution in [2.24, 2.45) is 0 Å². The number of rotatable bonds is 4. The van der Waals surface area contributed by atoms with Gasteiger partial charge in [0.25, 0.3) is 0 Å². The molecule has 0 unspecified atom stereocenters. The molecule has 5 N–H and O–H groups in total. The van der Waals surface area contributed by atoms with Crippen LogP contribution < -0.4 is 14.4 Å². The van der Waals surface area contributed by atoms with Gasteiger partial charge in [-0.3, -0.25) is 0 Å². The van der Waals surface area contributed by atoms with Crippen molar-refractivity contribution >= 4 is 36.1 Å². The summed E-state index contributed by atoms with van der Waals surface area (Å²) in [5.74, 6) is -1.23. The van der Waals surface area contributed by atoms with Gasteiger partial charge in [-0.25, -0.2) is 4.79 Å². The molecule has 0 saturated heterocycles. The summed E-state index contributed by atoms with van der Waals surface area (Å²) in [6.45, 7) is 1.29. The number of benzene rings is 2. The standard InChI is InChI=1S/C8H10AsNO5.C8H8O3/c1-5(11)10-6-2-3-7(8(12)4-6)9(13,14)15;1-11-7-4-2-3-6(5-7)8(9)10/h2-4,12H,1H3,(H,10,11)(H2,13,14,15);2-5H,1H3,(H,9,10). The van der Waals surface area contributed by atoms with E-state index in [2.05, 4.69) is 5.32 Å². The first-order valence-corrected chi connectivity index (χ1v) is 10.5. The number of carbonyl (C=O) groups is 2. The van der Waals surface area contributed by atoms with Gasteiger partial charge in [-0.1, -0.05) is 6.07 Å². The number of hydrogen-bond acceptors (Lipinski definition) is 5. The van der Waals surface area contributed by atoms with Crippen LogP contribution in [0.3, 0.4) is 0 Å². The fraction of sp³-hybridized carbons (Fsp3) is 0.125. The van der Waals surface area contributed by atoms with Gasteiger partial charge in [0.2, 0.25) is 0 Å². The summed E-state index contributed by atoms with van der Waals surface area (Å²) >= 11 is -5.09. The molecule has 0 aliphatic carbocycles. The molecule has 0 aliphatic heterocycles. The second-order valence-electron chi connectivity index (χ2n) is 4.97. The molecule has 1 amide bonds. The van der Waals surface area contributed by atoms with E-state index in [0.717, 1.165) is 12.1 Å². The van der Waals surface area contributed by atoms with Gasteiger partial charge >= 0.3 is 94.1 Å². The van der Waals surface area contributed by atoms with Crippen molar-refractivity contribution in [3.63, 3.8) is 0 Å². The fourth-order valence-corrected chi connectivity index (χ4v) is 3.13. The van der Waals surface area contributed by atoms with Crippen molar-refractivity contribution in [1.29, 1.82) is 0 Å². The van der Waals surface area contributed by atoms with Gasteiger partial charge in [0, 0.05) is 0 Å². The minimum Gasteiger partial charge on any atom is -0.497 e. The Hall–Kier alpha value is -2.74. The van der Waals surface area contributed by atoms with Crippen molar-refractivity contribution in [2.75, 3.05) is 12.4 Å². The van der Waals surface area contributed by atoms with Crippen LogP contribution in [0.15, 0.2) is 42.5 Å². The molecule has 0 aliphatic rings. The number of amides is 1. The maximum atomic E-state index is 10.9. The number of carbonyl (C=O) groups excluding carboxylic acids is 1. The predicted octanol–water partition coefficient (Wildman–Crippen LogP) is 0.305. The van der Waals surface area contributed by atoms with Gasteiger partial charge in [0.1, 0.15) is 5.75 Å². The largest absolute Gasteiger partial charge is 0.497 e. The fourth-order valence-electron chi connectivity index (χ4n) is 1.81. The number of aromatic carboxylic acids is 1. The number of carboxylic acid groups (broad SMARTS) is 1. The van der Waals surface area contributed by atoms with Crippen molar-refractivity contribution in [3.8, 4) is 11.5 Å². The summed E-state index contributed by atoms with van der Waals surface area (Å²) in [6, 6.07) is 9.84. The number of phenolic OH excluding ortho intramolecular Hbond substituents is 1. The molecule has 2 aromatic carbocycles. The molecule has 0 spiro atoms. The normalized spacial score (nSPS) is 10.3. The molecule has 0 heterocycles. The average molecular weight is 427 g/mol. The van der Waals surface area contributed by atoms with Crippen LogP contribution in [0, 0.1) is 0 Å². The van der Waals surface area contributed by atoms with E-state index >= 15 is 0 Å². The minimum absolute atomic E-state index is 0.240. The number of carboxylic acids is 1. The van der Waals surface area contributed by atoms with Crippen molar-refractivity contribution < 1.29 is 36.5 Å². The average Bonchev–Trinajstić information content (AvgIpc) is 2.53. The van der Waals surface area contributed by atoms with Gasteiger partial charge in [0.15, 0.2) is 0 Å². The smallest absolute Gasteiger partial charge is 0.335 e. The first-order valence-electron chi connectivity index (χ1n) is 7.08. The summed E-state index contributed by atoms with van der Waals surface area (Å²) in [5.41, 5.74) is 0.525. The predicted molar refractivity (Wildman–Crippen MR) is 92.9 cm³/mol. The number of anilines is 1. The van der Waals surface area contributed by atoms with E-state index in [1.165, 1.54) is 32.2 Å². The molecular weight excluding hydrogens is 409 g/mol. The third kappa shape index (κ3) is 6.64. The Bertz CT molecular complexity index is 846. The summed E-state index contributed by atoms with van der Waals surface area (Å²) in [7, 11) is 1.50. The van der Waals surface area contributed by atoms with E-state index < -0.39 is 30.2 Å². The van der Waals surface area contributed by atoms with E-state index in [4.69, 9.17) is 18.0 Å². The molecule has 10 heteroatoms. The zero-order valence-corrected chi connectivity index (χ0v) is 15.8. The Balaban J connectivity index is 0.000000273. The van der Waals surface area contributed by atoms with Crippen molar-refractivity contribution in [1.82, 2.24) is 0 Å². The van der Waals surface area contributed by atoms with Gasteiger partial charge < -0.3 is 9.84 Å². The number of phenols is 1. The molecule has 0 aromatic heterocycles. The van der Waals surface area contributed by atoms with E-state index in [9.17, 15) is 18.4 Å². The van der Waals surface area contributed by atoms with Crippen LogP contribution in [0.5, 0.6) is 11.5 Å². The van der Waals surface area contributed by atoms with Gasteiger partial charge in [-0.2, -0.15) is 0 Å². The van der Waals surface area contributed by atoms with Gasteiger partial charge in [0.05, 0.1) is 12.7 Å². The number of aromatic hydroxyl groups is 1. The molecular formula is C16H18AsNO8. The molecule has 9 nitrogen and oxygen atoms in total. The molecule has 0 saturated carbocycles. The molecule has 2 aromatic rings. The summed E-state index contributed by atoms with van der Waals surface area (Å²) in [6.07, 6.45) is 0. The third-order valence-electron chi connectivity index (χ3n) is 2.93. The zero-order valence-electron chi connectivity index (χ0n) is 13.9. The second kappa shape index (κ2) is 9.09. The van der Waals surface area contributed by atoms with E-state index in [1.807, 2.05) is 0 Å². The molecule has 0 bridgehead atoms. The molecule has 140 valence electrons. The van der Waals surface area contributed by atoms with Crippen LogP contribution in [0.25, 0.3) is 0 Å². The summed E-state index contributed by atoms with van der Waals surface area (Å²) in [5, 5.41) is 20.2. The zero-order chi connectivity index (χ0) is 19.9. The Labute approximate surface area is 151 Å². The van der Waals surface area contributed by atoms with Crippen LogP contribution in [-0.2, 0) is 8.53 Å². The third-order valence-corrected chi connectivity index (χ3v) is 5.04. The Morgan fingerprint density at radius 1 is 1.12 bits per heavy atom. The number of methoxy groups -OCH3 is 1. The number of hydrogen-bond donors (Lipinski definition) is 5. The Kier molecular flexibility index (Phi) is 7.45. The quantitative estimate of drug-likeness (QED) is 0.437. The van der Waals surface area contributed by atoms with Crippen molar-refractivity contribution in [3.05, 3.63) is 48.0 Å². The van der Waals surface area contributed by atoms with Crippen LogP contribution in [-0.4, -0.2) is 51.6 Å². The molecule has 0 radical (unpaired) electrons. The van der Waals surface area contributed by atoms with Gasteiger partial charge in [-0.05, 0) is 18.2 Å². The van der Waals surface area contributed by atoms with Gasteiger partial charge in [-0.15, -0.1) is 0 Å². The molecule has 26 heavy (non-hydrogen) atoms. The van der Waals surface area contributed by atoms with E-state index in [-0.39, 0.29) is 17.2 Å². The van der Waals surface area contributed by atoms with Crippen LogP contribution in [0.1, 0.15) is 17.3 Å². The maximum Gasteiger partial charge on any atom is 0.335 e. The Morgan fingerprint density at radius 3 is 2.23 bits per heavy atom. The van der Waals surface area contributed by atoms with E-state index in [0.29, 0.717) is 5.75 Å². The topological polar surface area (TPSA) is 153 Å². The monoisotopic (exact) mass is 427 g/mol. The minimum atomic E-state index is -5.09. The van der Waals surface area contributed by atoms with Crippen molar-refractivity contribution in [2.45, 2.75) is 6.92 Å². The SMILES string of the molecule is CC(=O)Nc1ccc([As](=O)(O)O)c(O)c1.COc1cccc(C(=O)O)c1. The number of ether oxygens (including phenoxy) is 1. The maximum absolute atomic E-state index is 10.9. The second-order valence-corrected chi connectivity index (χ2v) is 8.26. The Morgan fingerprint density at radius 2 is 1.77 bits per heavy atom. The van der Waals surface area contributed by atoms with Crippen LogP contribution in [0.2, 0.25) is 0 Å². The first-order chi connectivity index (χ1) is 12.0.